The fraction of sp³-hybridized carbons (Fsp3) is 0.545. The number of unbranched alkanes of at least 4 members (excludes halogenated alkanes) is 1. The zero-order chi connectivity index (χ0) is 14.4. The van der Waals surface area contributed by atoms with Crippen molar-refractivity contribution in [3.05, 3.63) is 4.88 Å². The number of nitrogens with zero attached hydrogens (tertiary/aromatic N) is 2. The van der Waals surface area contributed by atoms with E-state index in [9.17, 15) is 9.59 Å². The molecule has 7 nitrogen and oxygen atoms in total. The third-order valence-corrected chi connectivity index (χ3v) is 3.55. The molecule has 0 aliphatic carbocycles. The second-order valence-corrected chi connectivity index (χ2v) is 5.03. The molecule has 1 rings (SSSR count). The number of thiazole rings is 1. The zero-order valence-electron chi connectivity index (χ0n) is 11.1. The van der Waals surface area contributed by atoms with E-state index in [0.29, 0.717) is 16.6 Å². The highest BCUT2D eigenvalue weighted by Gasteiger charge is 2.22. The van der Waals surface area contributed by atoms with Crippen LogP contribution in [-0.4, -0.2) is 41.8 Å². The number of hydrogen-bond acceptors (Lipinski definition) is 6. The van der Waals surface area contributed by atoms with Crippen LogP contribution in [0.25, 0.3) is 0 Å². The number of carbonyl (C=O) groups excluding carboxylic acids is 2. The summed E-state index contributed by atoms with van der Waals surface area (Å²) >= 11 is 1.17. The first-order valence-electron chi connectivity index (χ1n) is 6.01. The van der Waals surface area contributed by atoms with Crippen molar-refractivity contribution < 1.29 is 9.59 Å². The van der Waals surface area contributed by atoms with Crippen LogP contribution in [0, 0.1) is 0 Å². The highest BCUT2D eigenvalue weighted by atomic mass is 32.1. The summed E-state index contributed by atoms with van der Waals surface area (Å²) in [5, 5.41) is 3.40. The molecule has 0 saturated carbocycles. The van der Waals surface area contributed by atoms with E-state index in [1.165, 1.54) is 16.2 Å². The van der Waals surface area contributed by atoms with Gasteiger partial charge in [0.15, 0.2) is 5.13 Å². The monoisotopic (exact) mass is 285 g/mol. The average molecular weight is 285 g/mol. The number of anilines is 2. The summed E-state index contributed by atoms with van der Waals surface area (Å²) in [7, 11) is 1.70. The van der Waals surface area contributed by atoms with Gasteiger partial charge in [-0.05, 0) is 6.42 Å². The minimum atomic E-state index is -0.540. The predicted octanol–water partition coefficient (Wildman–Crippen LogP) is 0.495. The highest BCUT2D eigenvalue weighted by Crippen LogP contribution is 2.25. The Morgan fingerprint density at radius 1 is 1.47 bits per heavy atom. The summed E-state index contributed by atoms with van der Waals surface area (Å²) in [5.41, 5.74) is 10.9. The van der Waals surface area contributed by atoms with Gasteiger partial charge in [0.05, 0.1) is 6.54 Å². The Balaban J connectivity index is 2.90. The van der Waals surface area contributed by atoms with E-state index in [4.69, 9.17) is 11.5 Å². The number of hydrogen-bond donors (Lipinski definition) is 3. The minimum Gasteiger partial charge on any atom is -0.382 e. The first-order chi connectivity index (χ1) is 8.99. The predicted molar refractivity (Wildman–Crippen MR) is 76.1 cm³/mol. The van der Waals surface area contributed by atoms with Crippen LogP contribution in [0.3, 0.4) is 0 Å². The first kappa shape index (κ1) is 15.2. The Morgan fingerprint density at radius 2 is 2.16 bits per heavy atom. The normalized spacial score (nSPS) is 10.2. The lowest BCUT2D eigenvalue weighted by atomic mass is 10.3. The molecule has 0 atom stereocenters. The third kappa shape index (κ3) is 4.09. The van der Waals surface area contributed by atoms with Gasteiger partial charge in [0.25, 0.3) is 5.91 Å². The van der Waals surface area contributed by atoms with Gasteiger partial charge < -0.3 is 21.7 Å². The summed E-state index contributed by atoms with van der Waals surface area (Å²) in [6.07, 6.45) is 1.72. The smallest absolute Gasteiger partial charge is 0.268 e. The van der Waals surface area contributed by atoms with Crippen molar-refractivity contribution in [1.82, 2.24) is 9.88 Å². The summed E-state index contributed by atoms with van der Waals surface area (Å²) in [6, 6.07) is 0. The van der Waals surface area contributed by atoms with Crippen molar-refractivity contribution in [2.75, 3.05) is 31.2 Å². The molecule has 8 heteroatoms. The first-order valence-corrected chi connectivity index (χ1v) is 6.82. The maximum absolute atomic E-state index is 12.3. The highest BCUT2D eigenvalue weighted by molar-refractivity contribution is 7.18. The van der Waals surface area contributed by atoms with E-state index in [0.717, 1.165) is 12.8 Å². The molecule has 106 valence electrons. The van der Waals surface area contributed by atoms with Gasteiger partial charge >= 0.3 is 0 Å². The zero-order valence-corrected chi connectivity index (χ0v) is 11.9. The molecule has 19 heavy (non-hydrogen) atoms. The van der Waals surface area contributed by atoms with E-state index in [1.807, 2.05) is 6.92 Å². The molecule has 5 N–H and O–H groups in total. The summed E-state index contributed by atoms with van der Waals surface area (Å²) in [6.45, 7) is 2.38. The van der Waals surface area contributed by atoms with Crippen LogP contribution >= 0.6 is 11.3 Å². The fourth-order valence-corrected chi connectivity index (χ4v) is 2.33. The van der Waals surface area contributed by atoms with E-state index in [2.05, 4.69) is 10.3 Å². The maximum atomic E-state index is 12.3. The van der Waals surface area contributed by atoms with Gasteiger partial charge in [-0.2, -0.15) is 0 Å². The van der Waals surface area contributed by atoms with E-state index >= 15 is 0 Å². The molecule has 2 amide bonds. The van der Waals surface area contributed by atoms with Crippen LogP contribution in [0.15, 0.2) is 0 Å². The van der Waals surface area contributed by atoms with Crippen molar-refractivity contribution in [3.63, 3.8) is 0 Å². The lowest BCUT2D eigenvalue weighted by Crippen LogP contribution is -2.39. The number of amides is 2. The van der Waals surface area contributed by atoms with Gasteiger partial charge in [0, 0.05) is 13.6 Å². The fourth-order valence-electron chi connectivity index (χ4n) is 1.53. The molecule has 0 aliphatic heterocycles. The van der Waals surface area contributed by atoms with E-state index < -0.39 is 5.91 Å². The van der Waals surface area contributed by atoms with Crippen molar-refractivity contribution in [2.24, 2.45) is 5.73 Å². The number of carbonyl (C=O) groups is 2. The van der Waals surface area contributed by atoms with Crippen LogP contribution in [0.2, 0.25) is 0 Å². The van der Waals surface area contributed by atoms with Crippen LogP contribution in [0.1, 0.15) is 29.4 Å². The summed E-state index contributed by atoms with van der Waals surface area (Å²) in [4.78, 5) is 29.1. The van der Waals surface area contributed by atoms with Crippen LogP contribution in [0.5, 0.6) is 0 Å². The number of nitrogens with two attached hydrogens (primary N) is 2. The average Bonchev–Trinajstić information content (AvgIpc) is 2.74. The Morgan fingerprint density at radius 3 is 2.63 bits per heavy atom. The lowest BCUT2D eigenvalue weighted by Gasteiger charge is -2.20. The number of nitrogens with one attached hydrogen (secondary N) is 1. The van der Waals surface area contributed by atoms with Gasteiger partial charge in [-0.3, -0.25) is 9.59 Å². The largest absolute Gasteiger partial charge is 0.382 e. The molecule has 0 unspecified atom stereocenters. The molecule has 0 aliphatic rings. The van der Waals surface area contributed by atoms with Crippen LogP contribution < -0.4 is 16.8 Å². The molecule has 0 radical (unpaired) electrons. The van der Waals surface area contributed by atoms with E-state index in [-0.39, 0.29) is 18.3 Å². The number of rotatable bonds is 7. The Bertz CT molecular complexity index is 460. The Hall–Kier alpha value is -1.83. The Labute approximate surface area is 116 Å². The van der Waals surface area contributed by atoms with Crippen molar-refractivity contribution >= 4 is 34.1 Å². The van der Waals surface area contributed by atoms with Gasteiger partial charge in [-0.25, -0.2) is 4.98 Å². The lowest BCUT2D eigenvalue weighted by molar-refractivity contribution is -0.118. The van der Waals surface area contributed by atoms with Crippen molar-refractivity contribution in [1.29, 1.82) is 0 Å². The minimum absolute atomic E-state index is 0.106. The van der Waals surface area contributed by atoms with Gasteiger partial charge in [-0.1, -0.05) is 24.7 Å². The molecule has 1 aromatic heterocycles. The van der Waals surface area contributed by atoms with Gasteiger partial charge in [0.2, 0.25) is 5.91 Å². The number of nitrogen functional groups attached to an aromatic ring is 1. The summed E-state index contributed by atoms with van der Waals surface area (Å²) in [5.74, 6) is -0.671. The number of aromatic nitrogens is 1. The quantitative estimate of drug-likeness (QED) is 0.674. The second-order valence-electron chi connectivity index (χ2n) is 4.03. The Kier molecular flexibility index (Phi) is 5.56. The molecule has 1 aromatic rings. The molecule has 0 spiro atoms. The van der Waals surface area contributed by atoms with E-state index in [1.54, 1.807) is 7.05 Å². The SMILES string of the molecule is CCCCN(CC(N)=O)C(=O)c1sc(NC)nc1N. The molecule has 0 saturated heterocycles. The summed E-state index contributed by atoms with van der Waals surface area (Å²) < 4.78 is 0. The van der Waals surface area contributed by atoms with Crippen LogP contribution in [-0.2, 0) is 4.79 Å². The third-order valence-electron chi connectivity index (χ3n) is 2.48. The molecule has 0 fully saturated rings. The van der Waals surface area contributed by atoms with Gasteiger partial charge in [0.1, 0.15) is 10.7 Å². The molecular formula is C11H19N5O2S. The molecule has 0 bridgehead atoms. The maximum Gasteiger partial charge on any atom is 0.268 e. The standard InChI is InChI=1S/C11H19N5O2S/c1-3-4-5-16(6-7(12)17)10(18)8-9(13)15-11(14-2)19-8/h3-6,13H2,1-2H3,(H2,12,17)(H,14,15). The van der Waals surface area contributed by atoms with Crippen molar-refractivity contribution in [3.8, 4) is 0 Å². The molecular weight excluding hydrogens is 266 g/mol. The molecule has 0 aromatic carbocycles. The second kappa shape index (κ2) is 6.93. The number of primary amides is 1. The van der Waals surface area contributed by atoms with Gasteiger partial charge in [-0.15, -0.1) is 0 Å². The van der Waals surface area contributed by atoms with Crippen LogP contribution in [0.4, 0.5) is 10.9 Å². The topological polar surface area (TPSA) is 114 Å². The van der Waals surface area contributed by atoms with Crippen molar-refractivity contribution in [2.45, 2.75) is 19.8 Å². The molecule has 1 heterocycles.